The van der Waals surface area contributed by atoms with E-state index in [0.29, 0.717) is 23.7 Å². The largest absolute Gasteiger partial charge is 0.397 e. The lowest BCUT2D eigenvalue weighted by Gasteiger charge is -2.33. The monoisotopic (exact) mass is 289 g/mol. The number of anilines is 1. The first-order valence-corrected chi connectivity index (χ1v) is 8.52. The Morgan fingerprint density at radius 3 is 2.89 bits per heavy atom. The van der Waals surface area contributed by atoms with E-state index < -0.39 is 15.2 Å². The fraction of sp³-hybridized carbons (Fsp3) is 0.500. The minimum absolute atomic E-state index is 0.317. The number of thioether (sulfide) groups is 1. The average Bonchev–Trinajstić information content (AvgIpc) is 2.74. The smallest absolute Gasteiger partial charge is 0.271 e. The number of aromatic amines is 1. The number of rotatable bonds is 2. The summed E-state index contributed by atoms with van der Waals surface area (Å²) in [5.74, 6) is 0.844. The number of H-pyrrole nitrogens is 1. The summed E-state index contributed by atoms with van der Waals surface area (Å²) in [5, 5.41) is -0.756. The molecule has 1 aromatic heterocycles. The SMILES string of the molecule is CS(=O)(=O)C1CSCCN1C(=O)c1cc(N)c[nH]1. The summed E-state index contributed by atoms with van der Waals surface area (Å²) in [6.45, 7) is 0.431. The third kappa shape index (κ3) is 2.64. The van der Waals surface area contributed by atoms with Crippen LogP contribution < -0.4 is 5.73 Å². The highest BCUT2D eigenvalue weighted by Gasteiger charge is 2.34. The van der Waals surface area contributed by atoms with E-state index >= 15 is 0 Å². The van der Waals surface area contributed by atoms with E-state index in [2.05, 4.69) is 4.98 Å². The number of carbonyl (C=O) groups is 1. The summed E-state index contributed by atoms with van der Waals surface area (Å²) in [7, 11) is -3.28. The van der Waals surface area contributed by atoms with Crippen molar-refractivity contribution in [1.29, 1.82) is 0 Å². The fourth-order valence-electron chi connectivity index (χ4n) is 1.86. The van der Waals surface area contributed by atoms with Crippen molar-refractivity contribution in [1.82, 2.24) is 9.88 Å². The lowest BCUT2D eigenvalue weighted by molar-refractivity contribution is 0.0744. The second-order valence-corrected chi connectivity index (χ2v) is 7.56. The van der Waals surface area contributed by atoms with Gasteiger partial charge in [-0.3, -0.25) is 4.79 Å². The first kappa shape index (κ1) is 13.3. The summed E-state index contributed by atoms with van der Waals surface area (Å²) in [6, 6.07) is 1.52. The Balaban J connectivity index is 2.27. The van der Waals surface area contributed by atoms with E-state index in [1.54, 1.807) is 11.8 Å². The van der Waals surface area contributed by atoms with Gasteiger partial charge in [-0.1, -0.05) is 0 Å². The van der Waals surface area contributed by atoms with Crippen LogP contribution in [0.15, 0.2) is 12.3 Å². The molecule has 0 bridgehead atoms. The minimum atomic E-state index is -3.28. The van der Waals surface area contributed by atoms with Crippen LogP contribution in [0.2, 0.25) is 0 Å². The van der Waals surface area contributed by atoms with Gasteiger partial charge in [-0.25, -0.2) is 8.42 Å². The second-order valence-electron chi connectivity index (χ2n) is 4.20. The van der Waals surface area contributed by atoms with Crippen molar-refractivity contribution in [2.45, 2.75) is 5.37 Å². The van der Waals surface area contributed by atoms with Gasteiger partial charge in [0.15, 0.2) is 9.84 Å². The molecule has 1 unspecified atom stereocenters. The normalized spacial score (nSPS) is 20.9. The number of nitrogens with two attached hydrogens (primary N) is 1. The molecular formula is C10H15N3O3S2. The zero-order valence-electron chi connectivity index (χ0n) is 9.92. The van der Waals surface area contributed by atoms with Crippen LogP contribution in [0.5, 0.6) is 0 Å². The highest BCUT2D eigenvalue weighted by atomic mass is 32.2. The van der Waals surface area contributed by atoms with Crippen molar-refractivity contribution in [3.8, 4) is 0 Å². The molecule has 2 heterocycles. The van der Waals surface area contributed by atoms with Crippen LogP contribution in [-0.4, -0.2) is 53.9 Å². The number of nitrogens with one attached hydrogen (secondary N) is 1. The van der Waals surface area contributed by atoms with Crippen LogP contribution in [-0.2, 0) is 9.84 Å². The Hall–Kier alpha value is -1.15. The molecule has 1 saturated heterocycles. The quantitative estimate of drug-likeness (QED) is 0.808. The maximum Gasteiger partial charge on any atom is 0.271 e. The predicted octanol–water partition coefficient (Wildman–Crippen LogP) is 0.157. The molecular weight excluding hydrogens is 274 g/mol. The zero-order chi connectivity index (χ0) is 13.3. The molecule has 0 spiro atoms. The van der Waals surface area contributed by atoms with Crippen molar-refractivity contribution >= 4 is 33.2 Å². The molecule has 1 aliphatic rings. The molecule has 18 heavy (non-hydrogen) atoms. The van der Waals surface area contributed by atoms with E-state index in [9.17, 15) is 13.2 Å². The van der Waals surface area contributed by atoms with E-state index in [0.717, 1.165) is 12.0 Å². The maximum atomic E-state index is 12.2. The number of amides is 1. The summed E-state index contributed by atoms with van der Waals surface area (Å²) >= 11 is 1.54. The molecule has 3 N–H and O–H groups in total. The van der Waals surface area contributed by atoms with E-state index in [-0.39, 0.29) is 5.91 Å². The van der Waals surface area contributed by atoms with E-state index in [1.165, 1.54) is 17.2 Å². The lowest BCUT2D eigenvalue weighted by atomic mass is 10.3. The molecule has 0 aromatic carbocycles. The number of aromatic nitrogens is 1. The standard InChI is InChI=1S/C10H15N3O3S2/c1-18(15,16)9-6-17-3-2-13(9)10(14)8-4-7(11)5-12-8/h4-5,9,12H,2-3,6,11H2,1H3. The molecule has 2 rings (SSSR count). The second kappa shape index (κ2) is 4.85. The zero-order valence-corrected chi connectivity index (χ0v) is 11.6. The van der Waals surface area contributed by atoms with Gasteiger partial charge in [-0.2, -0.15) is 11.8 Å². The summed E-state index contributed by atoms with van der Waals surface area (Å²) in [6.07, 6.45) is 2.67. The molecule has 8 heteroatoms. The molecule has 0 saturated carbocycles. The highest BCUT2D eigenvalue weighted by Crippen LogP contribution is 2.22. The van der Waals surface area contributed by atoms with Gasteiger partial charge in [-0.05, 0) is 6.07 Å². The van der Waals surface area contributed by atoms with Crippen LogP contribution >= 0.6 is 11.8 Å². The topological polar surface area (TPSA) is 96.3 Å². The first-order chi connectivity index (χ1) is 8.39. The first-order valence-electron chi connectivity index (χ1n) is 5.41. The van der Waals surface area contributed by atoms with E-state index in [4.69, 9.17) is 5.73 Å². The molecule has 1 aromatic rings. The number of hydrogen-bond acceptors (Lipinski definition) is 5. The number of sulfone groups is 1. The third-order valence-electron chi connectivity index (χ3n) is 2.78. The van der Waals surface area contributed by atoms with Gasteiger partial charge >= 0.3 is 0 Å². The van der Waals surface area contributed by atoms with Crippen LogP contribution in [0.25, 0.3) is 0 Å². The molecule has 6 nitrogen and oxygen atoms in total. The molecule has 1 fully saturated rings. The van der Waals surface area contributed by atoms with Crippen molar-refractivity contribution in [3.05, 3.63) is 18.0 Å². The lowest BCUT2D eigenvalue weighted by Crippen LogP contribution is -2.50. The predicted molar refractivity (Wildman–Crippen MR) is 72.2 cm³/mol. The molecule has 0 radical (unpaired) electrons. The minimum Gasteiger partial charge on any atom is -0.397 e. The van der Waals surface area contributed by atoms with Crippen LogP contribution in [0, 0.1) is 0 Å². The van der Waals surface area contributed by atoms with Gasteiger partial charge in [0.1, 0.15) is 11.1 Å². The average molecular weight is 289 g/mol. The van der Waals surface area contributed by atoms with Gasteiger partial charge in [0.05, 0.1) is 0 Å². The van der Waals surface area contributed by atoms with E-state index in [1.807, 2.05) is 0 Å². The number of nitrogens with zero attached hydrogens (tertiary/aromatic N) is 1. The number of carbonyl (C=O) groups excluding carboxylic acids is 1. The van der Waals surface area contributed by atoms with Gasteiger partial charge in [0, 0.05) is 36.2 Å². The third-order valence-corrected chi connectivity index (χ3v) is 5.42. The van der Waals surface area contributed by atoms with Crippen LogP contribution in [0.4, 0.5) is 5.69 Å². The Kier molecular flexibility index (Phi) is 3.58. The van der Waals surface area contributed by atoms with Gasteiger partial charge in [0.2, 0.25) is 0 Å². The Bertz CT molecular complexity index is 552. The molecule has 0 aliphatic carbocycles. The molecule has 1 aliphatic heterocycles. The Morgan fingerprint density at radius 2 is 2.33 bits per heavy atom. The van der Waals surface area contributed by atoms with Gasteiger partial charge in [-0.15, -0.1) is 0 Å². The van der Waals surface area contributed by atoms with Crippen molar-refractivity contribution in [2.24, 2.45) is 0 Å². The maximum absolute atomic E-state index is 12.2. The molecule has 1 amide bonds. The highest BCUT2D eigenvalue weighted by molar-refractivity contribution is 8.00. The Labute approximate surface area is 110 Å². The fourth-order valence-corrected chi connectivity index (χ4v) is 4.67. The summed E-state index contributed by atoms with van der Waals surface area (Å²) in [5.41, 5.74) is 6.33. The molecule has 100 valence electrons. The number of nitrogen functional groups attached to an aromatic ring is 1. The van der Waals surface area contributed by atoms with Gasteiger partial charge in [0.25, 0.3) is 5.91 Å². The van der Waals surface area contributed by atoms with Gasteiger partial charge < -0.3 is 15.6 Å². The summed E-state index contributed by atoms with van der Waals surface area (Å²) < 4.78 is 23.4. The van der Waals surface area contributed by atoms with Crippen LogP contribution in [0.1, 0.15) is 10.5 Å². The Morgan fingerprint density at radius 1 is 1.61 bits per heavy atom. The van der Waals surface area contributed by atoms with Crippen molar-refractivity contribution in [2.75, 3.05) is 30.0 Å². The van der Waals surface area contributed by atoms with Crippen molar-refractivity contribution in [3.63, 3.8) is 0 Å². The van der Waals surface area contributed by atoms with Crippen LogP contribution in [0.3, 0.4) is 0 Å². The number of hydrogen-bond donors (Lipinski definition) is 2. The van der Waals surface area contributed by atoms with Crippen molar-refractivity contribution < 1.29 is 13.2 Å². The molecule has 1 atom stereocenters. The summed E-state index contributed by atoms with van der Waals surface area (Å²) in [4.78, 5) is 16.4.